The van der Waals surface area contributed by atoms with Gasteiger partial charge in [0.25, 0.3) is 0 Å². The first kappa shape index (κ1) is 17.3. The largest absolute Gasteiger partial charge is 0.496 e. The van der Waals surface area contributed by atoms with Gasteiger partial charge in [0.05, 0.1) is 13.7 Å². The van der Waals surface area contributed by atoms with Crippen LogP contribution in [0.3, 0.4) is 0 Å². The van der Waals surface area contributed by atoms with Crippen molar-refractivity contribution >= 4 is 17.3 Å². The number of nitrogens with one attached hydrogen (secondary N) is 2. The van der Waals surface area contributed by atoms with E-state index in [0.717, 1.165) is 36.8 Å². The summed E-state index contributed by atoms with van der Waals surface area (Å²) in [7, 11) is 1.70. The summed E-state index contributed by atoms with van der Waals surface area (Å²) in [6, 6.07) is 10.5. The topological polar surface area (TPSA) is 45.7 Å². The van der Waals surface area contributed by atoms with E-state index in [-0.39, 0.29) is 0 Å². The Morgan fingerprint density at radius 2 is 2.13 bits per heavy atom. The summed E-state index contributed by atoms with van der Waals surface area (Å²) in [5.74, 6) is 1.73. The number of aliphatic imine (C=N–C) groups is 1. The second-order valence-electron chi connectivity index (χ2n) is 5.27. The molecule has 0 fully saturated rings. The Morgan fingerprint density at radius 3 is 2.83 bits per heavy atom. The zero-order valence-electron chi connectivity index (χ0n) is 14.1. The van der Waals surface area contributed by atoms with Crippen molar-refractivity contribution in [2.24, 2.45) is 4.99 Å². The molecule has 0 saturated heterocycles. The number of rotatable bonds is 7. The minimum atomic E-state index is 0.595. The smallest absolute Gasteiger partial charge is 0.191 e. The lowest BCUT2D eigenvalue weighted by molar-refractivity contribution is 0.409. The molecule has 124 valence electrons. The summed E-state index contributed by atoms with van der Waals surface area (Å²) in [6.07, 6.45) is 1.01. The van der Waals surface area contributed by atoms with E-state index in [0.29, 0.717) is 6.54 Å². The minimum Gasteiger partial charge on any atom is -0.496 e. The Morgan fingerprint density at radius 1 is 1.26 bits per heavy atom. The van der Waals surface area contributed by atoms with E-state index >= 15 is 0 Å². The third-order valence-electron chi connectivity index (χ3n) is 3.44. The van der Waals surface area contributed by atoms with Crippen LogP contribution in [0.2, 0.25) is 0 Å². The first-order valence-corrected chi connectivity index (χ1v) is 8.79. The molecule has 0 radical (unpaired) electrons. The van der Waals surface area contributed by atoms with Crippen molar-refractivity contribution < 1.29 is 4.74 Å². The number of thiophene rings is 1. The van der Waals surface area contributed by atoms with E-state index in [1.54, 1.807) is 18.4 Å². The molecular weight excluding hydrogens is 306 g/mol. The molecule has 0 saturated carbocycles. The Labute approximate surface area is 142 Å². The zero-order chi connectivity index (χ0) is 16.5. The Bertz CT molecular complexity index is 623. The highest BCUT2D eigenvalue weighted by atomic mass is 32.1. The number of guanidine groups is 1. The van der Waals surface area contributed by atoms with Crippen LogP contribution >= 0.6 is 11.3 Å². The maximum atomic E-state index is 5.44. The van der Waals surface area contributed by atoms with Crippen LogP contribution < -0.4 is 15.4 Å². The van der Waals surface area contributed by atoms with Gasteiger partial charge in [0.2, 0.25) is 0 Å². The second kappa shape index (κ2) is 9.20. The zero-order valence-corrected chi connectivity index (χ0v) is 14.9. The average molecular weight is 331 g/mol. The van der Waals surface area contributed by atoms with Crippen LogP contribution in [0, 0.1) is 6.92 Å². The lowest BCUT2D eigenvalue weighted by Gasteiger charge is -2.12. The molecule has 0 bridgehead atoms. The van der Waals surface area contributed by atoms with Gasteiger partial charge < -0.3 is 15.4 Å². The Kier molecular flexibility index (Phi) is 6.94. The third kappa shape index (κ3) is 5.60. The minimum absolute atomic E-state index is 0.595. The SMILES string of the molecule is CCNC(=NCc1ccc(C)cc1OC)NCCc1cccs1. The van der Waals surface area contributed by atoms with Gasteiger partial charge in [-0.05, 0) is 43.3 Å². The van der Waals surface area contributed by atoms with Crippen LogP contribution in [0.25, 0.3) is 0 Å². The fourth-order valence-electron chi connectivity index (χ4n) is 2.25. The van der Waals surface area contributed by atoms with Crippen LogP contribution in [0.15, 0.2) is 40.7 Å². The van der Waals surface area contributed by atoms with Crippen molar-refractivity contribution in [3.8, 4) is 5.75 Å². The highest BCUT2D eigenvalue weighted by Gasteiger charge is 2.04. The van der Waals surface area contributed by atoms with Crippen LogP contribution in [0.5, 0.6) is 5.75 Å². The first-order valence-electron chi connectivity index (χ1n) is 7.91. The fraction of sp³-hybridized carbons (Fsp3) is 0.389. The summed E-state index contributed by atoms with van der Waals surface area (Å²) >= 11 is 1.79. The quantitative estimate of drug-likeness (QED) is 0.604. The van der Waals surface area contributed by atoms with E-state index in [9.17, 15) is 0 Å². The van der Waals surface area contributed by atoms with Gasteiger partial charge in [-0.2, -0.15) is 0 Å². The van der Waals surface area contributed by atoms with Crippen LogP contribution in [-0.2, 0) is 13.0 Å². The van der Waals surface area contributed by atoms with Crippen LogP contribution in [0.4, 0.5) is 0 Å². The number of ether oxygens (including phenoxy) is 1. The average Bonchev–Trinajstić information content (AvgIpc) is 3.06. The summed E-state index contributed by atoms with van der Waals surface area (Å²) in [5, 5.41) is 8.78. The maximum absolute atomic E-state index is 5.44. The van der Waals surface area contributed by atoms with Gasteiger partial charge in [-0.1, -0.05) is 18.2 Å². The lowest BCUT2D eigenvalue weighted by Crippen LogP contribution is -2.38. The number of methoxy groups -OCH3 is 1. The summed E-state index contributed by atoms with van der Waals surface area (Å²) in [4.78, 5) is 6.04. The second-order valence-corrected chi connectivity index (χ2v) is 6.30. The van der Waals surface area contributed by atoms with E-state index in [4.69, 9.17) is 4.74 Å². The van der Waals surface area contributed by atoms with Gasteiger partial charge in [-0.25, -0.2) is 4.99 Å². The predicted molar refractivity (Wildman–Crippen MR) is 98.6 cm³/mol. The van der Waals surface area contributed by atoms with E-state index in [1.165, 1.54) is 10.4 Å². The maximum Gasteiger partial charge on any atom is 0.191 e. The molecule has 0 spiro atoms. The standard InChI is InChI=1S/C18H25N3OS/c1-4-19-18(20-10-9-16-6-5-11-23-16)21-13-15-8-7-14(2)12-17(15)22-3/h5-8,11-12H,4,9-10,13H2,1-3H3,(H2,19,20,21). The molecule has 23 heavy (non-hydrogen) atoms. The van der Waals surface area contributed by atoms with Gasteiger partial charge in [0, 0.05) is 23.5 Å². The first-order chi connectivity index (χ1) is 11.2. The third-order valence-corrected chi connectivity index (χ3v) is 4.37. The molecule has 2 aromatic rings. The summed E-state index contributed by atoms with van der Waals surface area (Å²) in [6.45, 7) is 6.44. The summed E-state index contributed by atoms with van der Waals surface area (Å²) < 4.78 is 5.44. The van der Waals surface area contributed by atoms with Gasteiger partial charge >= 0.3 is 0 Å². The molecular formula is C18H25N3OS. The van der Waals surface area contributed by atoms with Gasteiger partial charge in [-0.15, -0.1) is 11.3 Å². The molecule has 0 aliphatic rings. The molecule has 0 aliphatic heterocycles. The van der Waals surface area contributed by atoms with Gasteiger partial charge in [0.15, 0.2) is 5.96 Å². The summed E-state index contributed by atoms with van der Waals surface area (Å²) in [5.41, 5.74) is 2.28. The number of hydrogen-bond acceptors (Lipinski definition) is 3. The molecule has 2 N–H and O–H groups in total. The molecule has 5 heteroatoms. The van der Waals surface area contributed by atoms with E-state index in [1.807, 2.05) is 6.07 Å². The molecule has 1 heterocycles. The van der Waals surface area contributed by atoms with Crippen LogP contribution in [0.1, 0.15) is 22.9 Å². The number of aryl methyl sites for hydroxylation is 1. The van der Waals surface area contributed by atoms with Crippen molar-refractivity contribution in [2.45, 2.75) is 26.8 Å². The highest BCUT2D eigenvalue weighted by Crippen LogP contribution is 2.20. The molecule has 0 atom stereocenters. The number of benzene rings is 1. The number of hydrogen-bond donors (Lipinski definition) is 2. The van der Waals surface area contributed by atoms with Gasteiger partial charge in [0.1, 0.15) is 5.75 Å². The normalized spacial score (nSPS) is 11.3. The Balaban J connectivity index is 1.95. The molecule has 4 nitrogen and oxygen atoms in total. The van der Waals surface area contributed by atoms with Crippen molar-refractivity contribution in [1.29, 1.82) is 0 Å². The lowest BCUT2D eigenvalue weighted by atomic mass is 10.1. The van der Waals surface area contributed by atoms with E-state index in [2.05, 4.69) is 59.1 Å². The molecule has 1 aromatic heterocycles. The molecule has 0 unspecified atom stereocenters. The predicted octanol–water partition coefficient (Wildman–Crippen LogP) is 3.36. The van der Waals surface area contributed by atoms with E-state index < -0.39 is 0 Å². The van der Waals surface area contributed by atoms with Crippen molar-refractivity contribution in [3.05, 3.63) is 51.7 Å². The van der Waals surface area contributed by atoms with Crippen molar-refractivity contribution in [2.75, 3.05) is 20.2 Å². The van der Waals surface area contributed by atoms with Crippen molar-refractivity contribution in [3.63, 3.8) is 0 Å². The molecule has 2 rings (SSSR count). The monoisotopic (exact) mass is 331 g/mol. The van der Waals surface area contributed by atoms with Crippen LogP contribution in [-0.4, -0.2) is 26.2 Å². The molecule has 1 aromatic carbocycles. The number of nitrogens with zero attached hydrogens (tertiary/aromatic N) is 1. The van der Waals surface area contributed by atoms with Gasteiger partial charge in [-0.3, -0.25) is 0 Å². The molecule has 0 aliphatic carbocycles. The van der Waals surface area contributed by atoms with Crippen molar-refractivity contribution in [1.82, 2.24) is 10.6 Å². The molecule has 0 amide bonds. The Hall–Kier alpha value is -2.01. The fourth-order valence-corrected chi connectivity index (χ4v) is 2.96. The highest BCUT2D eigenvalue weighted by molar-refractivity contribution is 7.09.